The van der Waals surface area contributed by atoms with E-state index in [0.717, 1.165) is 26.1 Å². The second-order valence-electron chi connectivity index (χ2n) is 10.2. The normalized spacial score (nSPS) is 19.1. The van der Waals surface area contributed by atoms with Crippen molar-refractivity contribution in [1.82, 2.24) is 20.2 Å². The number of aromatic amines is 1. The lowest BCUT2D eigenvalue weighted by atomic mass is 9.93. The summed E-state index contributed by atoms with van der Waals surface area (Å²) in [5.74, 6) is -0.857. The number of piperidine rings is 1. The van der Waals surface area contributed by atoms with Gasteiger partial charge in [0.05, 0.1) is 11.0 Å². The minimum absolute atomic E-state index is 0.0194. The number of nitrogens with one attached hydrogen (secondary N) is 2. The lowest BCUT2D eigenvalue weighted by Gasteiger charge is -2.34. The molecule has 3 aromatic carbocycles. The number of nitrogens with zero attached hydrogens (tertiary/aromatic N) is 3. The van der Waals surface area contributed by atoms with Gasteiger partial charge in [0, 0.05) is 28.9 Å². The van der Waals surface area contributed by atoms with E-state index in [1.54, 1.807) is 42.5 Å². The second-order valence-corrected chi connectivity index (χ2v) is 10.2. The Morgan fingerprint density at radius 3 is 2.65 bits per heavy atom. The van der Waals surface area contributed by atoms with E-state index in [1.165, 1.54) is 48.4 Å². The summed E-state index contributed by atoms with van der Waals surface area (Å²) in [4.78, 5) is 36.8. The van der Waals surface area contributed by atoms with Gasteiger partial charge in [-0.25, -0.2) is 9.18 Å². The Morgan fingerprint density at radius 2 is 1.85 bits per heavy atom. The number of benzene rings is 3. The third kappa shape index (κ3) is 4.80. The van der Waals surface area contributed by atoms with E-state index in [1.807, 2.05) is 0 Å². The number of likely N-dealkylation sites (tertiary alicyclic amines) is 1. The Bertz CT molecular complexity index is 1550. The molecule has 3 N–H and O–H groups in total. The Balaban J connectivity index is 1.21. The number of fused-ring (bicyclic) bond motifs is 2. The lowest BCUT2D eigenvalue weighted by molar-refractivity contribution is 0.0704. The maximum absolute atomic E-state index is 13.7. The number of hydrogen-bond acceptors (Lipinski definition) is 6. The molecule has 9 nitrogen and oxygen atoms in total. The summed E-state index contributed by atoms with van der Waals surface area (Å²) in [6.45, 7) is 3.67. The number of aromatic nitrogens is 2. The molecule has 0 bridgehead atoms. The van der Waals surface area contributed by atoms with Crippen LogP contribution in [-0.4, -0.2) is 58.2 Å². The Hall–Kier alpha value is -4.28. The molecule has 1 aromatic heterocycles. The number of aliphatic hydroxyl groups is 1. The summed E-state index contributed by atoms with van der Waals surface area (Å²) in [5, 5.41) is 14.9. The van der Waals surface area contributed by atoms with Crippen LogP contribution in [-0.2, 0) is 5.72 Å². The first-order chi connectivity index (χ1) is 19.4. The van der Waals surface area contributed by atoms with Crippen LogP contribution in [0.15, 0.2) is 66.7 Å². The smallest absolute Gasteiger partial charge is 0.375 e. The van der Waals surface area contributed by atoms with Crippen LogP contribution >= 0.6 is 0 Å². The van der Waals surface area contributed by atoms with Gasteiger partial charge in [0.25, 0.3) is 5.91 Å². The fourth-order valence-electron chi connectivity index (χ4n) is 5.59. The molecule has 0 spiro atoms. The molecule has 1 atom stereocenters. The van der Waals surface area contributed by atoms with Crippen molar-refractivity contribution in [2.75, 3.05) is 31.1 Å². The molecule has 0 saturated carbocycles. The van der Waals surface area contributed by atoms with Gasteiger partial charge >= 0.3 is 12.1 Å². The third-order valence-corrected chi connectivity index (χ3v) is 7.57. The number of halogens is 1. The molecule has 1 saturated heterocycles. The number of ether oxygens (including phenoxy) is 1. The summed E-state index contributed by atoms with van der Waals surface area (Å²) in [6.07, 6.45) is 3.98. The molecule has 3 heterocycles. The summed E-state index contributed by atoms with van der Waals surface area (Å²) in [6, 6.07) is 17.2. The number of H-pyrrole nitrogens is 1. The molecule has 1 fully saturated rings. The van der Waals surface area contributed by atoms with Gasteiger partial charge in [-0.1, -0.05) is 30.7 Å². The molecule has 1 unspecified atom stereocenters. The maximum Gasteiger partial charge on any atom is 0.415 e. The first-order valence-electron chi connectivity index (χ1n) is 13.5. The van der Waals surface area contributed by atoms with Crippen LogP contribution in [0, 0.1) is 5.82 Å². The zero-order valence-electron chi connectivity index (χ0n) is 21.9. The number of amides is 2. The van der Waals surface area contributed by atoms with Crippen molar-refractivity contribution in [2.24, 2.45) is 0 Å². The van der Waals surface area contributed by atoms with Crippen LogP contribution in [0.25, 0.3) is 11.0 Å². The summed E-state index contributed by atoms with van der Waals surface area (Å²) < 4.78 is 19.0. The van der Waals surface area contributed by atoms with Gasteiger partial charge in [-0.3, -0.25) is 9.69 Å². The van der Waals surface area contributed by atoms with Gasteiger partial charge in [-0.15, -0.1) is 0 Å². The Kier molecular flexibility index (Phi) is 6.95. The molecule has 10 heteroatoms. The largest absolute Gasteiger partial charge is 0.415 e. The van der Waals surface area contributed by atoms with Gasteiger partial charge < -0.3 is 25.0 Å². The summed E-state index contributed by atoms with van der Waals surface area (Å²) in [5.41, 5.74) is 0.651. The zero-order chi connectivity index (χ0) is 27.7. The van der Waals surface area contributed by atoms with E-state index in [4.69, 9.17) is 4.74 Å². The summed E-state index contributed by atoms with van der Waals surface area (Å²) in [7, 11) is 0. The quantitative estimate of drug-likeness (QED) is 0.296. The number of carbonyl (C=O) groups excluding carboxylic acids is 2. The molecule has 206 valence electrons. The second kappa shape index (κ2) is 10.7. The van der Waals surface area contributed by atoms with Crippen LogP contribution in [0.2, 0.25) is 0 Å². The highest BCUT2D eigenvalue weighted by Gasteiger charge is 2.50. The van der Waals surface area contributed by atoms with E-state index in [-0.39, 0.29) is 6.01 Å². The van der Waals surface area contributed by atoms with Crippen molar-refractivity contribution in [3.63, 3.8) is 0 Å². The predicted molar refractivity (Wildman–Crippen MR) is 148 cm³/mol. The number of imidazole rings is 1. The van der Waals surface area contributed by atoms with E-state index in [0.29, 0.717) is 40.0 Å². The van der Waals surface area contributed by atoms with Crippen molar-refractivity contribution >= 4 is 28.7 Å². The minimum atomic E-state index is -1.86. The van der Waals surface area contributed by atoms with E-state index in [2.05, 4.69) is 20.2 Å². The summed E-state index contributed by atoms with van der Waals surface area (Å²) >= 11 is 0. The van der Waals surface area contributed by atoms with Gasteiger partial charge in [-0.2, -0.15) is 4.98 Å². The molecular formula is C30H30FN5O4. The van der Waals surface area contributed by atoms with Gasteiger partial charge in [0.15, 0.2) is 5.72 Å². The Labute approximate surface area is 230 Å². The molecule has 2 amide bonds. The minimum Gasteiger partial charge on any atom is -0.375 e. The molecule has 4 aromatic rings. The van der Waals surface area contributed by atoms with Gasteiger partial charge in [-0.05, 0) is 81.4 Å². The Morgan fingerprint density at radius 1 is 1.07 bits per heavy atom. The number of hydrogen-bond donors (Lipinski definition) is 3. The van der Waals surface area contributed by atoms with Crippen LogP contribution in [0.3, 0.4) is 0 Å². The third-order valence-electron chi connectivity index (χ3n) is 7.57. The molecule has 40 heavy (non-hydrogen) atoms. The molecule has 6 rings (SSSR count). The van der Waals surface area contributed by atoms with Crippen molar-refractivity contribution < 1.29 is 23.8 Å². The topological polar surface area (TPSA) is 111 Å². The molecular weight excluding hydrogens is 513 g/mol. The standard InChI is InChI=1S/C30H30FN5O4/c31-21-10-12-22(13-11-21)36-27(37)23-7-2-3-8-24(23)30(36,39)20-9-14-25-26(19-20)34-28(33-25)40-29(38)32-15-6-18-35-16-4-1-5-17-35/h2-3,7-14,19,39H,1,4-6,15-18H2,(H,32,38)(H,33,34). The highest BCUT2D eigenvalue weighted by Crippen LogP contribution is 2.45. The maximum atomic E-state index is 13.7. The average molecular weight is 544 g/mol. The fraction of sp³-hybridized carbons (Fsp3) is 0.300. The average Bonchev–Trinajstić information content (AvgIpc) is 3.48. The fourth-order valence-corrected chi connectivity index (χ4v) is 5.59. The van der Waals surface area contributed by atoms with Crippen molar-refractivity contribution in [1.29, 1.82) is 0 Å². The van der Waals surface area contributed by atoms with Crippen LogP contribution in [0.5, 0.6) is 6.01 Å². The van der Waals surface area contributed by atoms with Gasteiger partial charge in [0.2, 0.25) is 0 Å². The zero-order valence-corrected chi connectivity index (χ0v) is 21.9. The van der Waals surface area contributed by atoms with Crippen molar-refractivity contribution in [3.05, 3.63) is 89.2 Å². The SMILES string of the molecule is O=C(NCCCN1CCCCC1)Oc1nc2ccc(C3(O)c4ccccc4C(=O)N3c3ccc(F)cc3)cc2[nH]1. The van der Waals surface area contributed by atoms with Crippen LogP contribution in [0.4, 0.5) is 14.9 Å². The number of carbonyl (C=O) groups is 2. The molecule has 0 aliphatic carbocycles. The van der Waals surface area contributed by atoms with Crippen LogP contribution in [0.1, 0.15) is 47.2 Å². The van der Waals surface area contributed by atoms with E-state index >= 15 is 0 Å². The lowest BCUT2D eigenvalue weighted by Crippen LogP contribution is -2.45. The van der Waals surface area contributed by atoms with E-state index < -0.39 is 23.5 Å². The number of rotatable bonds is 7. The van der Waals surface area contributed by atoms with Gasteiger partial charge in [0.1, 0.15) is 5.82 Å². The molecule has 2 aliphatic rings. The van der Waals surface area contributed by atoms with Crippen molar-refractivity contribution in [2.45, 2.75) is 31.4 Å². The number of anilines is 1. The first-order valence-corrected chi connectivity index (χ1v) is 13.5. The highest BCUT2D eigenvalue weighted by molar-refractivity contribution is 6.12. The molecule has 0 radical (unpaired) electrons. The first kappa shape index (κ1) is 26.0. The van der Waals surface area contributed by atoms with Crippen LogP contribution < -0.4 is 15.0 Å². The van der Waals surface area contributed by atoms with E-state index in [9.17, 15) is 19.1 Å². The van der Waals surface area contributed by atoms with Crippen molar-refractivity contribution in [3.8, 4) is 6.01 Å². The highest BCUT2D eigenvalue weighted by atomic mass is 19.1. The monoisotopic (exact) mass is 543 g/mol. The predicted octanol–water partition coefficient (Wildman–Crippen LogP) is 4.52. The molecule has 2 aliphatic heterocycles.